The second kappa shape index (κ2) is 4.30. The van der Waals surface area contributed by atoms with Gasteiger partial charge in [-0.05, 0) is 13.0 Å². The van der Waals surface area contributed by atoms with Crippen molar-refractivity contribution in [2.75, 3.05) is 6.61 Å². The fraction of sp³-hybridized carbons (Fsp3) is 0.364. The molecule has 1 saturated heterocycles. The Labute approximate surface area is 107 Å². The number of esters is 2. The molecule has 0 bridgehead atoms. The van der Waals surface area contributed by atoms with Crippen LogP contribution < -0.4 is 0 Å². The first-order valence-corrected chi connectivity index (χ1v) is 5.71. The van der Waals surface area contributed by atoms with Gasteiger partial charge in [-0.25, -0.2) is 19.1 Å². The second-order valence-electron chi connectivity index (χ2n) is 4.08. The molecule has 0 aromatic carbocycles. The number of rotatable bonds is 2. The first-order chi connectivity index (χ1) is 9.15. The molecule has 2 aromatic heterocycles. The first-order valence-electron chi connectivity index (χ1n) is 5.71. The third kappa shape index (κ3) is 2.01. The summed E-state index contributed by atoms with van der Waals surface area (Å²) in [5, 5.41) is 4.00. The predicted octanol–water partition coefficient (Wildman–Crippen LogP) is -0.0950. The van der Waals surface area contributed by atoms with Crippen LogP contribution in [0.15, 0.2) is 12.3 Å². The van der Waals surface area contributed by atoms with Crippen LogP contribution in [0.2, 0.25) is 0 Å². The Balaban J connectivity index is 1.85. The minimum absolute atomic E-state index is 0.124. The van der Waals surface area contributed by atoms with Crippen LogP contribution in [0.4, 0.5) is 0 Å². The maximum absolute atomic E-state index is 11.8. The number of hydrogen-bond acceptors (Lipinski definition) is 7. The van der Waals surface area contributed by atoms with Gasteiger partial charge in [-0.15, -0.1) is 5.10 Å². The Hall–Kier alpha value is -2.51. The molecule has 8 heteroatoms. The molecule has 98 valence electrons. The molecule has 0 aliphatic carbocycles. The van der Waals surface area contributed by atoms with Crippen molar-refractivity contribution in [1.82, 2.24) is 19.6 Å². The van der Waals surface area contributed by atoms with E-state index in [2.05, 4.69) is 15.1 Å². The molecule has 0 N–H and O–H groups in total. The molecule has 1 atom stereocenters. The van der Waals surface area contributed by atoms with Gasteiger partial charge < -0.3 is 9.47 Å². The summed E-state index contributed by atoms with van der Waals surface area (Å²) in [4.78, 5) is 31.0. The molecule has 3 heterocycles. The smallest absolute Gasteiger partial charge is 0.379 e. The number of ether oxygens (including phenoxy) is 2. The number of carbonyl (C=O) groups is 2. The van der Waals surface area contributed by atoms with Gasteiger partial charge in [0.15, 0.2) is 0 Å². The largest absolute Gasteiger partial charge is 0.463 e. The van der Waals surface area contributed by atoms with Gasteiger partial charge in [-0.3, -0.25) is 0 Å². The molecule has 19 heavy (non-hydrogen) atoms. The van der Waals surface area contributed by atoms with Crippen LogP contribution in [-0.4, -0.2) is 44.2 Å². The summed E-state index contributed by atoms with van der Waals surface area (Å²) in [6.07, 6.45) is 1.06. The quantitative estimate of drug-likeness (QED) is 0.697. The van der Waals surface area contributed by atoms with E-state index in [4.69, 9.17) is 9.47 Å². The van der Waals surface area contributed by atoms with Gasteiger partial charge in [0.1, 0.15) is 0 Å². The third-order valence-electron chi connectivity index (χ3n) is 2.75. The van der Waals surface area contributed by atoms with Crippen molar-refractivity contribution < 1.29 is 19.1 Å². The fourth-order valence-electron chi connectivity index (χ4n) is 1.76. The molecule has 8 nitrogen and oxygen atoms in total. The van der Waals surface area contributed by atoms with Crippen LogP contribution >= 0.6 is 0 Å². The van der Waals surface area contributed by atoms with Crippen molar-refractivity contribution in [1.29, 1.82) is 0 Å². The highest BCUT2D eigenvalue weighted by Crippen LogP contribution is 2.12. The van der Waals surface area contributed by atoms with E-state index < -0.39 is 18.0 Å². The van der Waals surface area contributed by atoms with E-state index in [0.29, 0.717) is 12.2 Å². The van der Waals surface area contributed by atoms with E-state index in [1.807, 2.05) is 6.92 Å². The van der Waals surface area contributed by atoms with E-state index in [1.54, 1.807) is 12.3 Å². The Morgan fingerprint density at radius 1 is 1.58 bits per heavy atom. The normalized spacial score (nSPS) is 18.6. The van der Waals surface area contributed by atoms with E-state index >= 15 is 0 Å². The van der Waals surface area contributed by atoms with Gasteiger partial charge in [0, 0.05) is 18.3 Å². The number of aromatic nitrogens is 4. The van der Waals surface area contributed by atoms with Crippen molar-refractivity contribution in [3.8, 4) is 0 Å². The highest BCUT2D eigenvalue weighted by Gasteiger charge is 2.31. The third-order valence-corrected chi connectivity index (χ3v) is 2.75. The van der Waals surface area contributed by atoms with Crippen LogP contribution in [0.3, 0.4) is 0 Å². The van der Waals surface area contributed by atoms with E-state index in [9.17, 15) is 9.59 Å². The number of fused-ring (bicyclic) bond motifs is 1. The zero-order chi connectivity index (χ0) is 13.4. The fourth-order valence-corrected chi connectivity index (χ4v) is 1.76. The zero-order valence-corrected chi connectivity index (χ0v) is 10.1. The summed E-state index contributed by atoms with van der Waals surface area (Å²) in [5.74, 6) is -1.11. The van der Waals surface area contributed by atoms with Crippen molar-refractivity contribution in [3.63, 3.8) is 0 Å². The lowest BCUT2D eigenvalue weighted by atomic mass is 10.3. The molecule has 0 spiro atoms. The molecule has 1 aliphatic rings. The Morgan fingerprint density at radius 2 is 2.42 bits per heavy atom. The molecule has 0 amide bonds. The number of carbonyl (C=O) groups excluding carboxylic acids is 2. The summed E-state index contributed by atoms with van der Waals surface area (Å²) in [6.45, 7) is 2.07. The first kappa shape index (κ1) is 11.6. The summed E-state index contributed by atoms with van der Waals surface area (Å²) in [6, 6.07) is 1.74. The number of hydrogen-bond donors (Lipinski definition) is 0. The SMILES string of the molecule is Cc1ccnc2nc(C(=O)O[C@@H]3CCOC3=O)nn12. The molecule has 0 unspecified atom stereocenters. The Bertz CT molecular complexity index is 666. The van der Waals surface area contributed by atoms with Crippen molar-refractivity contribution in [3.05, 3.63) is 23.8 Å². The molecule has 3 rings (SSSR count). The number of aryl methyl sites for hydroxylation is 1. The maximum Gasteiger partial charge on any atom is 0.379 e. The molecular formula is C11H10N4O4. The summed E-state index contributed by atoms with van der Waals surface area (Å²) in [7, 11) is 0. The second-order valence-corrected chi connectivity index (χ2v) is 4.08. The predicted molar refractivity (Wildman–Crippen MR) is 60.3 cm³/mol. The highest BCUT2D eigenvalue weighted by molar-refractivity contribution is 5.88. The lowest BCUT2D eigenvalue weighted by molar-refractivity contribution is -0.145. The van der Waals surface area contributed by atoms with Crippen LogP contribution in [0.1, 0.15) is 22.7 Å². The molecular weight excluding hydrogens is 252 g/mol. The van der Waals surface area contributed by atoms with Gasteiger partial charge in [-0.1, -0.05) is 0 Å². The summed E-state index contributed by atoms with van der Waals surface area (Å²) < 4.78 is 11.1. The zero-order valence-electron chi connectivity index (χ0n) is 10.1. The minimum atomic E-state index is -0.867. The van der Waals surface area contributed by atoms with Gasteiger partial charge in [0.25, 0.3) is 11.6 Å². The number of cyclic esters (lactones) is 1. The van der Waals surface area contributed by atoms with Crippen LogP contribution in [0.25, 0.3) is 5.78 Å². The summed E-state index contributed by atoms with van der Waals surface area (Å²) >= 11 is 0. The maximum atomic E-state index is 11.8. The lowest BCUT2D eigenvalue weighted by Gasteiger charge is -2.04. The van der Waals surface area contributed by atoms with E-state index in [-0.39, 0.29) is 12.4 Å². The van der Waals surface area contributed by atoms with Gasteiger partial charge in [-0.2, -0.15) is 4.98 Å². The van der Waals surface area contributed by atoms with Gasteiger partial charge in [0.2, 0.25) is 6.10 Å². The Kier molecular flexibility index (Phi) is 2.62. The average molecular weight is 262 g/mol. The summed E-state index contributed by atoms with van der Waals surface area (Å²) in [5.41, 5.74) is 0.789. The van der Waals surface area contributed by atoms with Crippen molar-refractivity contribution in [2.45, 2.75) is 19.4 Å². The van der Waals surface area contributed by atoms with E-state index in [1.165, 1.54) is 4.52 Å². The minimum Gasteiger partial charge on any atom is -0.463 e. The van der Waals surface area contributed by atoms with Gasteiger partial charge in [0.05, 0.1) is 6.61 Å². The molecule has 0 radical (unpaired) electrons. The standard InChI is InChI=1S/C11H10N4O4/c1-6-2-4-12-11-13-8(14-15(6)11)10(17)19-7-3-5-18-9(7)16/h2,4,7H,3,5H2,1H3/t7-/m1/s1. The molecule has 1 fully saturated rings. The number of nitrogens with zero attached hydrogens (tertiary/aromatic N) is 4. The molecule has 1 aliphatic heterocycles. The molecule has 2 aromatic rings. The van der Waals surface area contributed by atoms with Gasteiger partial charge >= 0.3 is 11.9 Å². The van der Waals surface area contributed by atoms with Crippen molar-refractivity contribution >= 4 is 17.7 Å². The average Bonchev–Trinajstić information content (AvgIpc) is 2.97. The van der Waals surface area contributed by atoms with E-state index in [0.717, 1.165) is 5.69 Å². The Morgan fingerprint density at radius 3 is 3.11 bits per heavy atom. The van der Waals surface area contributed by atoms with Crippen LogP contribution in [0.5, 0.6) is 0 Å². The highest BCUT2D eigenvalue weighted by atomic mass is 16.6. The monoisotopic (exact) mass is 262 g/mol. The lowest BCUT2D eigenvalue weighted by Crippen LogP contribution is -2.23. The topological polar surface area (TPSA) is 95.7 Å². The van der Waals surface area contributed by atoms with Crippen LogP contribution in [-0.2, 0) is 14.3 Å². The van der Waals surface area contributed by atoms with Crippen molar-refractivity contribution in [2.24, 2.45) is 0 Å². The molecule has 0 saturated carbocycles. The van der Waals surface area contributed by atoms with Crippen LogP contribution in [0, 0.1) is 6.92 Å².